The zero-order chi connectivity index (χ0) is 20.5. The zero-order valence-corrected chi connectivity index (χ0v) is 18.1. The standard InChI is InChI=1S/C20H22BrFN2O3S/c1-13-3-6-19(14(2)11-13)28(26,27)24-9-7-15(8-10-24)20(25)23-18-5-4-16(21)12-17(18)22/h3-6,11-12,15H,7-10H2,1-2H3,(H,23,25). The molecular formula is C20H22BrFN2O3S. The Bertz CT molecular complexity index is 1000. The molecule has 0 bridgehead atoms. The third-order valence-electron chi connectivity index (χ3n) is 4.96. The summed E-state index contributed by atoms with van der Waals surface area (Å²) < 4.78 is 41.8. The monoisotopic (exact) mass is 468 g/mol. The SMILES string of the molecule is Cc1ccc(S(=O)(=O)N2CCC(C(=O)Nc3ccc(Br)cc3F)CC2)c(C)c1. The molecule has 2 aromatic rings. The van der Waals surface area contributed by atoms with Crippen molar-refractivity contribution in [2.75, 3.05) is 18.4 Å². The van der Waals surface area contributed by atoms with Crippen molar-refractivity contribution >= 4 is 37.5 Å². The van der Waals surface area contributed by atoms with Crippen LogP contribution in [-0.2, 0) is 14.8 Å². The quantitative estimate of drug-likeness (QED) is 0.729. The van der Waals surface area contributed by atoms with E-state index >= 15 is 0 Å². The third-order valence-corrected chi connectivity index (χ3v) is 7.51. The van der Waals surface area contributed by atoms with Crippen molar-refractivity contribution in [1.29, 1.82) is 0 Å². The minimum Gasteiger partial charge on any atom is -0.323 e. The molecule has 150 valence electrons. The fraction of sp³-hybridized carbons (Fsp3) is 0.350. The lowest BCUT2D eigenvalue weighted by Gasteiger charge is -2.31. The van der Waals surface area contributed by atoms with Gasteiger partial charge in [0.25, 0.3) is 0 Å². The molecule has 1 aliphatic heterocycles. The van der Waals surface area contributed by atoms with Gasteiger partial charge in [0.2, 0.25) is 15.9 Å². The minimum absolute atomic E-state index is 0.124. The van der Waals surface area contributed by atoms with Crippen LogP contribution in [0, 0.1) is 25.6 Å². The van der Waals surface area contributed by atoms with Crippen LogP contribution in [0.1, 0.15) is 24.0 Å². The van der Waals surface area contributed by atoms with Crippen LogP contribution in [0.3, 0.4) is 0 Å². The molecule has 8 heteroatoms. The number of hydrogen-bond donors (Lipinski definition) is 1. The number of nitrogens with zero attached hydrogens (tertiary/aromatic N) is 1. The number of benzene rings is 2. The van der Waals surface area contributed by atoms with Crippen molar-refractivity contribution in [2.45, 2.75) is 31.6 Å². The maximum Gasteiger partial charge on any atom is 0.243 e. The number of sulfonamides is 1. The zero-order valence-electron chi connectivity index (χ0n) is 15.7. The Morgan fingerprint density at radius 1 is 1.14 bits per heavy atom. The Balaban J connectivity index is 1.65. The van der Waals surface area contributed by atoms with E-state index in [2.05, 4.69) is 21.2 Å². The molecule has 0 saturated carbocycles. The normalized spacial score (nSPS) is 16.1. The summed E-state index contributed by atoms with van der Waals surface area (Å²) in [5.41, 5.74) is 1.84. The van der Waals surface area contributed by atoms with Crippen molar-refractivity contribution in [3.63, 3.8) is 0 Å². The number of nitrogens with one attached hydrogen (secondary N) is 1. The van der Waals surface area contributed by atoms with Crippen LogP contribution >= 0.6 is 15.9 Å². The highest BCUT2D eigenvalue weighted by Gasteiger charge is 2.33. The highest BCUT2D eigenvalue weighted by molar-refractivity contribution is 9.10. The Hall–Kier alpha value is -1.77. The molecule has 1 amide bonds. The Morgan fingerprint density at radius 3 is 2.43 bits per heavy atom. The van der Waals surface area contributed by atoms with Gasteiger partial charge in [-0.2, -0.15) is 4.31 Å². The van der Waals surface area contributed by atoms with Gasteiger partial charge in [0.1, 0.15) is 5.82 Å². The molecule has 3 rings (SSSR count). The van der Waals surface area contributed by atoms with Gasteiger partial charge in [0.05, 0.1) is 10.6 Å². The van der Waals surface area contributed by atoms with E-state index in [1.165, 1.54) is 16.4 Å². The van der Waals surface area contributed by atoms with Crippen LogP contribution in [0.5, 0.6) is 0 Å². The number of rotatable bonds is 4. The van der Waals surface area contributed by atoms with Gasteiger partial charge in [-0.1, -0.05) is 33.6 Å². The summed E-state index contributed by atoms with van der Waals surface area (Å²) in [6.07, 6.45) is 0.794. The van der Waals surface area contributed by atoms with Gasteiger partial charge in [-0.15, -0.1) is 0 Å². The summed E-state index contributed by atoms with van der Waals surface area (Å²) in [6, 6.07) is 9.70. The fourth-order valence-electron chi connectivity index (χ4n) is 3.41. The van der Waals surface area contributed by atoms with E-state index < -0.39 is 15.8 Å². The molecule has 1 saturated heterocycles. The fourth-order valence-corrected chi connectivity index (χ4v) is 5.42. The van der Waals surface area contributed by atoms with Gasteiger partial charge >= 0.3 is 0 Å². The predicted octanol–water partition coefficient (Wildman–Crippen LogP) is 4.24. The van der Waals surface area contributed by atoms with E-state index in [-0.39, 0.29) is 30.6 Å². The first kappa shape index (κ1) is 21.0. The van der Waals surface area contributed by atoms with Crippen LogP contribution in [0.25, 0.3) is 0 Å². The summed E-state index contributed by atoms with van der Waals surface area (Å²) >= 11 is 3.18. The molecule has 0 spiro atoms. The molecule has 1 N–H and O–H groups in total. The molecule has 1 aliphatic rings. The van der Waals surface area contributed by atoms with Gasteiger partial charge in [-0.25, -0.2) is 12.8 Å². The van der Waals surface area contributed by atoms with Crippen LogP contribution in [0.4, 0.5) is 10.1 Å². The van der Waals surface area contributed by atoms with Crippen molar-refractivity contribution in [3.8, 4) is 0 Å². The molecule has 28 heavy (non-hydrogen) atoms. The number of hydrogen-bond acceptors (Lipinski definition) is 3. The number of anilines is 1. The smallest absolute Gasteiger partial charge is 0.243 e. The van der Waals surface area contributed by atoms with Crippen LogP contribution < -0.4 is 5.32 Å². The first-order valence-electron chi connectivity index (χ1n) is 9.02. The third kappa shape index (κ3) is 4.45. The lowest BCUT2D eigenvalue weighted by atomic mass is 9.97. The second-order valence-electron chi connectivity index (χ2n) is 7.06. The number of carbonyl (C=O) groups excluding carboxylic acids is 1. The number of halogens is 2. The van der Waals surface area contributed by atoms with E-state index in [1.807, 2.05) is 13.0 Å². The Labute approximate surface area is 173 Å². The second-order valence-corrected chi connectivity index (χ2v) is 9.88. The van der Waals surface area contributed by atoms with Crippen molar-refractivity contribution in [3.05, 3.63) is 57.8 Å². The predicted molar refractivity (Wildman–Crippen MR) is 110 cm³/mol. The van der Waals surface area contributed by atoms with E-state index in [1.54, 1.807) is 25.1 Å². The maximum atomic E-state index is 13.9. The lowest BCUT2D eigenvalue weighted by Crippen LogP contribution is -2.41. The van der Waals surface area contributed by atoms with E-state index in [0.29, 0.717) is 27.8 Å². The summed E-state index contributed by atoms with van der Waals surface area (Å²) in [7, 11) is -3.59. The van der Waals surface area contributed by atoms with E-state index in [4.69, 9.17) is 0 Å². The van der Waals surface area contributed by atoms with Gasteiger partial charge in [-0.05, 0) is 56.5 Å². The molecule has 0 atom stereocenters. The number of aryl methyl sites for hydroxylation is 2. The van der Waals surface area contributed by atoms with E-state index in [0.717, 1.165) is 5.56 Å². The maximum absolute atomic E-state index is 13.9. The molecule has 0 aromatic heterocycles. The molecule has 0 radical (unpaired) electrons. The molecule has 2 aromatic carbocycles. The average Bonchev–Trinajstić information content (AvgIpc) is 2.63. The largest absolute Gasteiger partial charge is 0.323 e. The van der Waals surface area contributed by atoms with Gasteiger partial charge in [-0.3, -0.25) is 4.79 Å². The number of amides is 1. The lowest BCUT2D eigenvalue weighted by molar-refractivity contribution is -0.120. The van der Waals surface area contributed by atoms with Crippen LogP contribution in [0.15, 0.2) is 45.8 Å². The molecule has 5 nitrogen and oxygen atoms in total. The van der Waals surface area contributed by atoms with Crippen LogP contribution in [0.2, 0.25) is 0 Å². The molecule has 1 fully saturated rings. The topological polar surface area (TPSA) is 66.5 Å². The Kier molecular flexibility index (Phi) is 6.21. The van der Waals surface area contributed by atoms with Gasteiger partial charge in [0.15, 0.2) is 0 Å². The first-order valence-corrected chi connectivity index (χ1v) is 11.2. The molecule has 0 aliphatic carbocycles. The summed E-state index contributed by atoms with van der Waals surface area (Å²) in [4.78, 5) is 12.8. The molecule has 1 heterocycles. The highest BCUT2D eigenvalue weighted by Crippen LogP contribution is 2.27. The number of carbonyl (C=O) groups is 1. The second kappa shape index (κ2) is 8.31. The van der Waals surface area contributed by atoms with Crippen molar-refractivity contribution < 1.29 is 17.6 Å². The van der Waals surface area contributed by atoms with Crippen molar-refractivity contribution in [2.24, 2.45) is 5.92 Å². The summed E-state index contributed by atoms with van der Waals surface area (Å²) in [6.45, 7) is 4.22. The van der Waals surface area contributed by atoms with Gasteiger partial charge < -0.3 is 5.32 Å². The summed E-state index contributed by atoms with van der Waals surface area (Å²) in [5, 5.41) is 2.61. The molecule has 0 unspecified atom stereocenters. The average molecular weight is 469 g/mol. The van der Waals surface area contributed by atoms with Crippen LogP contribution in [-0.4, -0.2) is 31.7 Å². The number of piperidine rings is 1. The molecular weight excluding hydrogens is 447 g/mol. The Morgan fingerprint density at radius 2 is 1.82 bits per heavy atom. The van der Waals surface area contributed by atoms with Gasteiger partial charge in [0, 0.05) is 23.5 Å². The van der Waals surface area contributed by atoms with E-state index in [9.17, 15) is 17.6 Å². The van der Waals surface area contributed by atoms with Crippen molar-refractivity contribution in [1.82, 2.24) is 4.31 Å². The minimum atomic E-state index is -3.59. The first-order chi connectivity index (χ1) is 13.2. The summed E-state index contributed by atoms with van der Waals surface area (Å²) in [5.74, 6) is -1.16. The highest BCUT2D eigenvalue weighted by atomic mass is 79.9.